The number of para-hydroxylation sites is 1. The fourth-order valence-corrected chi connectivity index (χ4v) is 5.20. The predicted octanol–water partition coefficient (Wildman–Crippen LogP) is 3.33. The first kappa shape index (κ1) is 21.4. The van der Waals surface area contributed by atoms with Crippen molar-refractivity contribution in [1.29, 1.82) is 0 Å². The number of Topliss-reactive ketones (excluding diaryl/α,β-unsaturated/α-hetero) is 1. The number of carbonyl (C=O) groups is 4. The second-order valence-electron chi connectivity index (χ2n) is 9.42. The van der Waals surface area contributed by atoms with Gasteiger partial charge in [-0.3, -0.25) is 24.1 Å². The van der Waals surface area contributed by atoms with Gasteiger partial charge in [0.25, 0.3) is 11.8 Å². The molecule has 2 aromatic rings. The largest absolute Gasteiger partial charge is 0.486 e. The van der Waals surface area contributed by atoms with Gasteiger partial charge in [0.05, 0.1) is 23.1 Å². The van der Waals surface area contributed by atoms with Crippen LogP contribution in [-0.2, 0) is 4.79 Å². The summed E-state index contributed by atoms with van der Waals surface area (Å²) in [6.45, 7) is 4.50. The molecule has 7 nitrogen and oxygen atoms in total. The minimum Gasteiger partial charge on any atom is -0.486 e. The smallest absolute Gasteiger partial charge is 0.262 e. The van der Waals surface area contributed by atoms with Crippen LogP contribution in [0.4, 0.5) is 0 Å². The highest BCUT2D eigenvalue weighted by molar-refractivity contribution is 6.22. The van der Waals surface area contributed by atoms with E-state index in [0.29, 0.717) is 48.4 Å². The van der Waals surface area contributed by atoms with Crippen LogP contribution in [0.2, 0.25) is 0 Å². The number of ketones is 1. The van der Waals surface area contributed by atoms with Crippen molar-refractivity contribution in [2.75, 3.05) is 13.1 Å². The Morgan fingerprint density at radius 3 is 2.00 bits per heavy atom. The molecule has 2 aromatic carbocycles. The van der Waals surface area contributed by atoms with E-state index in [9.17, 15) is 19.2 Å². The molecule has 0 bridgehead atoms. The average Bonchev–Trinajstić information content (AvgIpc) is 3.05. The zero-order valence-electron chi connectivity index (χ0n) is 18.7. The molecule has 1 spiro atoms. The van der Waals surface area contributed by atoms with Crippen LogP contribution in [-0.4, -0.2) is 58.0 Å². The molecular weight excluding hydrogens is 420 g/mol. The Hall–Kier alpha value is -3.48. The van der Waals surface area contributed by atoms with Gasteiger partial charge in [-0.1, -0.05) is 38.1 Å². The first-order valence-electron chi connectivity index (χ1n) is 11.4. The van der Waals surface area contributed by atoms with Crippen LogP contribution in [0, 0.1) is 5.92 Å². The maximum Gasteiger partial charge on any atom is 0.262 e. The molecule has 3 amide bonds. The molecule has 3 heterocycles. The van der Waals surface area contributed by atoms with Gasteiger partial charge in [-0.2, -0.15) is 0 Å². The van der Waals surface area contributed by atoms with E-state index >= 15 is 0 Å². The van der Waals surface area contributed by atoms with Crippen LogP contribution in [0.15, 0.2) is 48.5 Å². The van der Waals surface area contributed by atoms with Crippen molar-refractivity contribution in [3.05, 3.63) is 65.2 Å². The van der Waals surface area contributed by atoms with E-state index in [1.165, 1.54) is 0 Å². The fraction of sp³-hybridized carbons (Fsp3) is 0.385. The summed E-state index contributed by atoms with van der Waals surface area (Å²) < 4.78 is 6.27. The van der Waals surface area contributed by atoms with E-state index in [4.69, 9.17) is 4.74 Å². The lowest BCUT2D eigenvalue weighted by Crippen LogP contribution is -2.58. The standard InChI is InChI=1S/C26H26N2O5/c1-16(2)22(28-23(30)17-7-3-4-8-18(17)24(28)31)25(32)27-13-11-26(12-14-27)15-20(29)19-9-5-6-10-21(19)33-26/h3-10,16,22H,11-15H2,1-2H3. The van der Waals surface area contributed by atoms with Crippen molar-refractivity contribution >= 4 is 23.5 Å². The maximum atomic E-state index is 13.6. The minimum atomic E-state index is -0.874. The second kappa shape index (κ2) is 7.83. The van der Waals surface area contributed by atoms with Gasteiger partial charge in [0.1, 0.15) is 17.4 Å². The Morgan fingerprint density at radius 1 is 0.879 bits per heavy atom. The number of rotatable bonds is 3. The Kier molecular flexibility index (Phi) is 5.07. The highest BCUT2D eigenvalue weighted by atomic mass is 16.5. The number of likely N-dealkylation sites (tertiary alicyclic amines) is 1. The van der Waals surface area contributed by atoms with Gasteiger partial charge in [-0.15, -0.1) is 0 Å². The third kappa shape index (κ3) is 3.43. The number of ether oxygens (including phenoxy) is 1. The van der Waals surface area contributed by atoms with Gasteiger partial charge in [0, 0.05) is 25.9 Å². The van der Waals surface area contributed by atoms with Crippen LogP contribution in [0.25, 0.3) is 0 Å². The molecule has 0 aromatic heterocycles. The number of carbonyl (C=O) groups excluding carboxylic acids is 4. The lowest BCUT2D eigenvalue weighted by atomic mass is 9.82. The highest BCUT2D eigenvalue weighted by Gasteiger charge is 2.48. The lowest BCUT2D eigenvalue weighted by molar-refractivity contribution is -0.140. The van der Waals surface area contributed by atoms with Crippen LogP contribution >= 0.6 is 0 Å². The molecule has 0 radical (unpaired) electrons. The monoisotopic (exact) mass is 446 g/mol. The quantitative estimate of drug-likeness (QED) is 0.676. The molecule has 1 fully saturated rings. The molecular formula is C26H26N2O5. The maximum absolute atomic E-state index is 13.6. The zero-order valence-corrected chi connectivity index (χ0v) is 18.7. The average molecular weight is 447 g/mol. The number of amides is 3. The molecule has 1 unspecified atom stereocenters. The molecule has 33 heavy (non-hydrogen) atoms. The molecule has 0 saturated carbocycles. The van der Waals surface area contributed by atoms with Gasteiger partial charge in [0.2, 0.25) is 5.91 Å². The molecule has 0 N–H and O–H groups in total. The number of nitrogens with zero attached hydrogens (tertiary/aromatic N) is 2. The molecule has 1 atom stereocenters. The van der Waals surface area contributed by atoms with E-state index < -0.39 is 23.5 Å². The molecule has 170 valence electrons. The summed E-state index contributed by atoms with van der Waals surface area (Å²) in [4.78, 5) is 55.1. The SMILES string of the molecule is CC(C)C(C(=O)N1CCC2(CC1)CC(=O)c1ccccc1O2)N1C(=O)c2ccccc2C1=O. The minimum absolute atomic E-state index is 0.0581. The van der Waals surface area contributed by atoms with Gasteiger partial charge >= 0.3 is 0 Å². The zero-order chi connectivity index (χ0) is 23.3. The van der Waals surface area contributed by atoms with Crippen molar-refractivity contribution in [2.45, 2.75) is 44.8 Å². The van der Waals surface area contributed by atoms with Crippen LogP contribution in [0.5, 0.6) is 5.75 Å². The molecule has 0 aliphatic carbocycles. The summed E-state index contributed by atoms with van der Waals surface area (Å²) in [6, 6.07) is 13.1. The molecule has 3 aliphatic heterocycles. The fourth-order valence-electron chi connectivity index (χ4n) is 5.20. The van der Waals surface area contributed by atoms with Gasteiger partial charge < -0.3 is 9.64 Å². The highest BCUT2D eigenvalue weighted by Crippen LogP contribution is 2.39. The topological polar surface area (TPSA) is 84.0 Å². The number of piperidine rings is 1. The summed E-state index contributed by atoms with van der Waals surface area (Å²) in [6.07, 6.45) is 1.33. The van der Waals surface area contributed by atoms with Crippen LogP contribution < -0.4 is 4.74 Å². The number of benzene rings is 2. The van der Waals surface area contributed by atoms with Crippen molar-refractivity contribution in [1.82, 2.24) is 9.80 Å². The molecule has 5 rings (SSSR count). The summed E-state index contributed by atoms with van der Waals surface area (Å²) in [7, 11) is 0. The summed E-state index contributed by atoms with van der Waals surface area (Å²) in [5.41, 5.74) is 0.662. The predicted molar refractivity (Wildman–Crippen MR) is 120 cm³/mol. The summed E-state index contributed by atoms with van der Waals surface area (Å²) >= 11 is 0. The van der Waals surface area contributed by atoms with Gasteiger partial charge in [0.15, 0.2) is 5.78 Å². The van der Waals surface area contributed by atoms with Crippen molar-refractivity contribution in [3.63, 3.8) is 0 Å². The van der Waals surface area contributed by atoms with Crippen molar-refractivity contribution < 1.29 is 23.9 Å². The number of hydrogen-bond donors (Lipinski definition) is 0. The first-order valence-corrected chi connectivity index (χ1v) is 11.4. The molecule has 7 heteroatoms. The van der Waals surface area contributed by atoms with Crippen molar-refractivity contribution in [2.24, 2.45) is 5.92 Å². The van der Waals surface area contributed by atoms with Crippen molar-refractivity contribution in [3.8, 4) is 5.75 Å². The van der Waals surface area contributed by atoms with E-state index in [-0.39, 0.29) is 24.0 Å². The third-order valence-corrected chi connectivity index (χ3v) is 6.97. The Morgan fingerprint density at radius 2 is 1.42 bits per heavy atom. The Labute approximate surface area is 192 Å². The Balaban J connectivity index is 1.34. The third-order valence-electron chi connectivity index (χ3n) is 6.97. The van der Waals surface area contributed by atoms with E-state index in [1.54, 1.807) is 35.2 Å². The van der Waals surface area contributed by atoms with Gasteiger partial charge in [-0.25, -0.2) is 0 Å². The number of imide groups is 1. The summed E-state index contributed by atoms with van der Waals surface area (Å²) in [5, 5.41) is 0. The number of fused-ring (bicyclic) bond motifs is 2. The van der Waals surface area contributed by atoms with E-state index in [0.717, 1.165) is 4.90 Å². The molecule has 3 aliphatic rings. The normalized spacial score (nSPS) is 20.0. The van der Waals surface area contributed by atoms with E-state index in [2.05, 4.69) is 0 Å². The Bertz CT molecular complexity index is 1130. The lowest BCUT2D eigenvalue weighted by Gasteiger charge is -2.45. The van der Waals surface area contributed by atoms with Crippen LogP contribution in [0.1, 0.15) is 64.2 Å². The van der Waals surface area contributed by atoms with Crippen LogP contribution in [0.3, 0.4) is 0 Å². The van der Waals surface area contributed by atoms with Gasteiger partial charge in [-0.05, 0) is 30.2 Å². The summed E-state index contributed by atoms with van der Waals surface area (Å²) in [5.74, 6) is -0.669. The van der Waals surface area contributed by atoms with E-state index in [1.807, 2.05) is 32.0 Å². The molecule has 1 saturated heterocycles. The second-order valence-corrected chi connectivity index (χ2v) is 9.42. The first-order chi connectivity index (χ1) is 15.8. The number of hydrogen-bond acceptors (Lipinski definition) is 5.